The number of fused-ring (bicyclic) bond motifs is 1. The molecule has 1 aliphatic heterocycles. The number of nitrogens with zero attached hydrogens (tertiary/aromatic N) is 4. The molecule has 0 unspecified atom stereocenters. The fourth-order valence-electron chi connectivity index (χ4n) is 2.67. The first-order valence-electron chi connectivity index (χ1n) is 8.10. The normalized spacial score (nSPS) is 15.5. The van der Waals surface area contributed by atoms with Crippen LogP contribution >= 0.6 is 0 Å². The van der Waals surface area contributed by atoms with Gasteiger partial charge in [-0.1, -0.05) is 0 Å². The van der Waals surface area contributed by atoms with Gasteiger partial charge in [-0.15, -0.1) is 0 Å². The molecule has 0 radical (unpaired) electrons. The number of H-pyrrole nitrogens is 1. The number of aromatic nitrogens is 2. The maximum absolute atomic E-state index is 12.1. The number of rotatable bonds is 2. The van der Waals surface area contributed by atoms with Crippen LogP contribution in [0.2, 0.25) is 0 Å². The van der Waals surface area contributed by atoms with Gasteiger partial charge in [-0.2, -0.15) is 0 Å². The molecular formula is C16H21N5O4. The summed E-state index contributed by atoms with van der Waals surface area (Å²) in [5.41, 5.74) is 0.802. The summed E-state index contributed by atoms with van der Waals surface area (Å²) in [4.78, 5) is 33.8. The van der Waals surface area contributed by atoms with E-state index in [9.17, 15) is 14.9 Å². The molecular weight excluding hydrogens is 326 g/mol. The van der Waals surface area contributed by atoms with Crippen LogP contribution in [0, 0.1) is 10.1 Å². The highest BCUT2D eigenvalue weighted by Crippen LogP contribution is 2.23. The van der Waals surface area contributed by atoms with E-state index in [2.05, 4.69) is 9.97 Å². The van der Waals surface area contributed by atoms with E-state index in [0.717, 1.165) is 5.52 Å². The maximum atomic E-state index is 12.1. The number of nitro groups is 1. The second kappa shape index (κ2) is 6.23. The summed E-state index contributed by atoms with van der Waals surface area (Å²) in [5, 5.41) is 10.9. The number of carbonyl (C=O) groups excluding carboxylic acids is 1. The number of nitro benzene ring substituents is 1. The molecule has 0 aliphatic carbocycles. The highest BCUT2D eigenvalue weighted by molar-refractivity contribution is 5.80. The van der Waals surface area contributed by atoms with E-state index in [1.165, 1.54) is 12.1 Å². The van der Waals surface area contributed by atoms with Gasteiger partial charge >= 0.3 is 6.09 Å². The van der Waals surface area contributed by atoms with Crippen molar-refractivity contribution in [3.63, 3.8) is 0 Å². The lowest BCUT2D eigenvalue weighted by molar-refractivity contribution is -0.384. The first kappa shape index (κ1) is 17.0. The van der Waals surface area contributed by atoms with Gasteiger partial charge in [-0.25, -0.2) is 9.78 Å². The number of piperazine rings is 1. The average Bonchev–Trinajstić information content (AvgIpc) is 2.96. The molecule has 2 aromatic rings. The summed E-state index contributed by atoms with van der Waals surface area (Å²) < 4.78 is 5.38. The molecule has 0 bridgehead atoms. The Balaban J connectivity index is 1.67. The Bertz CT molecular complexity index is 802. The van der Waals surface area contributed by atoms with Crippen LogP contribution in [0.1, 0.15) is 20.8 Å². The third-order valence-electron chi connectivity index (χ3n) is 3.90. The molecule has 134 valence electrons. The average molecular weight is 347 g/mol. The smallest absolute Gasteiger partial charge is 0.410 e. The van der Waals surface area contributed by atoms with Crippen molar-refractivity contribution >= 4 is 28.8 Å². The Morgan fingerprint density at radius 1 is 1.28 bits per heavy atom. The molecule has 9 heteroatoms. The standard InChI is InChI=1S/C16H21N5O4/c1-16(2,3)25-15(22)20-8-6-19(7-9-20)14-17-12-5-4-11(21(23)24)10-13(12)18-14/h4-5,10H,6-9H2,1-3H3,(H,17,18). The zero-order chi connectivity index (χ0) is 18.2. The number of nitrogens with one attached hydrogen (secondary N) is 1. The van der Waals surface area contributed by atoms with E-state index in [-0.39, 0.29) is 11.8 Å². The summed E-state index contributed by atoms with van der Waals surface area (Å²) >= 11 is 0. The largest absolute Gasteiger partial charge is 0.444 e. The topological polar surface area (TPSA) is 105 Å². The Morgan fingerprint density at radius 2 is 1.96 bits per heavy atom. The lowest BCUT2D eigenvalue weighted by Crippen LogP contribution is -2.50. The molecule has 25 heavy (non-hydrogen) atoms. The Morgan fingerprint density at radius 3 is 2.56 bits per heavy atom. The van der Waals surface area contributed by atoms with Crippen molar-refractivity contribution in [3.05, 3.63) is 28.3 Å². The van der Waals surface area contributed by atoms with Gasteiger partial charge in [0.25, 0.3) is 5.69 Å². The number of non-ortho nitro benzene ring substituents is 1. The lowest BCUT2D eigenvalue weighted by Gasteiger charge is -2.35. The van der Waals surface area contributed by atoms with Crippen molar-refractivity contribution in [1.29, 1.82) is 0 Å². The molecule has 3 rings (SSSR count). The predicted molar refractivity (Wildman–Crippen MR) is 92.8 cm³/mol. The van der Waals surface area contributed by atoms with Crippen LogP contribution in [-0.4, -0.2) is 57.7 Å². The third kappa shape index (κ3) is 3.81. The number of hydrogen-bond acceptors (Lipinski definition) is 6. The van der Waals surface area contributed by atoms with Crippen molar-refractivity contribution in [2.75, 3.05) is 31.1 Å². The van der Waals surface area contributed by atoms with E-state index in [4.69, 9.17) is 4.74 Å². The SMILES string of the molecule is CC(C)(C)OC(=O)N1CCN(c2nc3cc([N+](=O)[O-])ccc3[nH]2)CC1. The zero-order valence-corrected chi connectivity index (χ0v) is 14.5. The first-order chi connectivity index (χ1) is 11.7. The van der Waals surface area contributed by atoms with Gasteiger partial charge in [0.2, 0.25) is 5.95 Å². The van der Waals surface area contributed by atoms with Crippen LogP contribution in [0.5, 0.6) is 0 Å². The molecule has 1 fully saturated rings. The summed E-state index contributed by atoms with van der Waals surface area (Å²) in [6.45, 7) is 7.82. The molecule has 0 spiro atoms. The van der Waals surface area contributed by atoms with Crippen LogP contribution in [0.25, 0.3) is 11.0 Å². The van der Waals surface area contributed by atoms with Crippen molar-refractivity contribution in [2.45, 2.75) is 26.4 Å². The number of benzene rings is 1. The first-order valence-corrected chi connectivity index (χ1v) is 8.10. The van der Waals surface area contributed by atoms with E-state index in [0.29, 0.717) is 37.6 Å². The highest BCUT2D eigenvalue weighted by atomic mass is 16.6. The number of hydrogen-bond donors (Lipinski definition) is 1. The van der Waals surface area contributed by atoms with E-state index in [1.54, 1.807) is 11.0 Å². The summed E-state index contributed by atoms with van der Waals surface area (Å²) in [7, 11) is 0. The minimum Gasteiger partial charge on any atom is -0.444 e. The molecule has 1 N–H and O–H groups in total. The van der Waals surface area contributed by atoms with Crippen LogP contribution in [0.15, 0.2) is 18.2 Å². The fraction of sp³-hybridized carbons (Fsp3) is 0.500. The summed E-state index contributed by atoms with van der Waals surface area (Å²) in [6, 6.07) is 4.55. The third-order valence-corrected chi connectivity index (χ3v) is 3.90. The Labute approximate surface area is 144 Å². The molecule has 0 saturated carbocycles. The fourth-order valence-corrected chi connectivity index (χ4v) is 2.67. The number of amides is 1. The van der Waals surface area contributed by atoms with Gasteiger partial charge in [0.05, 0.1) is 16.0 Å². The number of ether oxygens (including phenoxy) is 1. The van der Waals surface area contributed by atoms with Crippen molar-refractivity contribution in [3.8, 4) is 0 Å². The molecule has 1 aromatic carbocycles. The second-order valence-electron chi connectivity index (χ2n) is 6.97. The lowest BCUT2D eigenvalue weighted by atomic mass is 10.2. The molecule has 1 aliphatic rings. The van der Waals surface area contributed by atoms with Crippen molar-refractivity contribution in [2.24, 2.45) is 0 Å². The van der Waals surface area contributed by atoms with Crippen LogP contribution in [-0.2, 0) is 4.74 Å². The monoisotopic (exact) mass is 347 g/mol. The van der Waals surface area contributed by atoms with Gasteiger partial charge < -0.3 is 19.5 Å². The van der Waals surface area contributed by atoms with Crippen molar-refractivity contribution in [1.82, 2.24) is 14.9 Å². The number of carbonyl (C=O) groups is 1. The minimum atomic E-state index is -0.512. The van der Waals surface area contributed by atoms with E-state index >= 15 is 0 Å². The minimum absolute atomic E-state index is 0.0142. The molecule has 0 atom stereocenters. The summed E-state index contributed by atoms with van der Waals surface area (Å²) in [5.74, 6) is 0.652. The van der Waals surface area contributed by atoms with E-state index in [1.807, 2.05) is 25.7 Å². The molecule has 1 aromatic heterocycles. The van der Waals surface area contributed by atoms with Crippen molar-refractivity contribution < 1.29 is 14.5 Å². The Hall–Kier alpha value is -2.84. The van der Waals surface area contributed by atoms with Crippen LogP contribution in [0.4, 0.5) is 16.4 Å². The maximum Gasteiger partial charge on any atom is 0.410 e. The summed E-state index contributed by atoms with van der Waals surface area (Å²) in [6.07, 6.45) is -0.313. The zero-order valence-electron chi connectivity index (χ0n) is 14.5. The molecule has 1 amide bonds. The quantitative estimate of drug-likeness (QED) is 0.661. The van der Waals surface area contributed by atoms with Gasteiger partial charge in [0.1, 0.15) is 5.60 Å². The van der Waals surface area contributed by atoms with Crippen LogP contribution < -0.4 is 4.90 Å². The number of anilines is 1. The molecule has 2 heterocycles. The molecule has 1 saturated heterocycles. The molecule has 9 nitrogen and oxygen atoms in total. The number of aromatic amines is 1. The van der Waals surface area contributed by atoms with Gasteiger partial charge in [-0.05, 0) is 26.8 Å². The van der Waals surface area contributed by atoms with Gasteiger partial charge in [0, 0.05) is 38.3 Å². The Kier molecular flexibility index (Phi) is 4.23. The van der Waals surface area contributed by atoms with Gasteiger partial charge in [0.15, 0.2) is 0 Å². The van der Waals surface area contributed by atoms with Crippen LogP contribution in [0.3, 0.4) is 0 Å². The van der Waals surface area contributed by atoms with Gasteiger partial charge in [-0.3, -0.25) is 10.1 Å². The highest BCUT2D eigenvalue weighted by Gasteiger charge is 2.27. The second-order valence-corrected chi connectivity index (χ2v) is 6.97. The predicted octanol–water partition coefficient (Wildman–Crippen LogP) is 2.53. The number of imidazole rings is 1. The van der Waals surface area contributed by atoms with E-state index < -0.39 is 10.5 Å².